The molecule has 1 fully saturated rings. The van der Waals surface area contributed by atoms with Crippen LogP contribution in [-0.4, -0.2) is 30.2 Å². The summed E-state index contributed by atoms with van der Waals surface area (Å²) in [6.45, 7) is 1.98. The number of pyridine rings is 1. The molecule has 3 aromatic rings. The van der Waals surface area contributed by atoms with Gasteiger partial charge in [-0.3, -0.25) is 14.8 Å². The molecule has 150 valence electrons. The Bertz CT molecular complexity index is 1100. The fourth-order valence-corrected chi connectivity index (χ4v) is 4.26. The number of rotatable bonds is 4. The van der Waals surface area contributed by atoms with Crippen LogP contribution in [-0.2, 0) is 4.79 Å². The van der Waals surface area contributed by atoms with Crippen LogP contribution in [0.5, 0.6) is 0 Å². The highest BCUT2D eigenvalue weighted by molar-refractivity contribution is 6.12. The van der Waals surface area contributed by atoms with E-state index in [4.69, 9.17) is 0 Å². The van der Waals surface area contributed by atoms with Crippen LogP contribution in [0.2, 0.25) is 0 Å². The van der Waals surface area contributed by atoms with E-state index in [1.807, 2.05) is 36.7 Å². The maximum Gasteiger partial charge on any atom is 0.237 e. The summed E-state index contributed by atoms with van der Waals surface area (Å²) in [5.74, 6) is -0.841. The van der Waals surface area contributed by atoms with E-state index >= 15 is 0 Å². The summed E-state index contributed by atoms with van der Waals surface area (Å²) >= 11 is 0. The number of carbonyl (C=O) groups is 1. The first-order chi connectivity index (χ1) is 14.7. The van der Waals surface area contributed by atoms with E-state index in [0.29, 0.717) is 17.2 Å². The smallest absolute Gasteiger partial charge is 0.237 e. The zero-order valence-corrected chi connectivity index (χ0v) is 16.3. The predicted octanol–water partition coefficient (Wildman–Crippen LogP) is 4.65. The van der Waals surface area contributed by atoms with Crippen molar-refractivity contribution in [1.29, 1.82) is 0 Å². The number of fused-ring (bicyclic) bond motifs is 1. The lowest BCUT2D eigenvalue weighted by Crippen LogP contribution is -2.18. The van der Waals surface area contributed by atoms with Crippen molar-refractivity contribution in [3.63, 3.8) is 0 Å². The molecule has 5 nitrogen and oxygen atoms in total. The summed E-state index contributed by atoms with van der Waals surface area (Å²) < 4.78 is 14.2. The molecule has 2 aromatic carbocycles. The Labute approximate surface area is 174 Å². The first kappa shape index (κ1) is 18.5. The van der Waals surface area contributed by atoms with Crippen molar-refractivity contribution in [2.24, 2.45) is 4.99 Å². The van der Waals surface area contributed by atoms with Gasteiger partial charge in [0.1, 0.15) is 11.7 Å². The minimum atomic E-state index is -0.708. The largest absolute Gasteiger partial charge is 0.371 e. The van der Waals surface area contributed by atoms with E-state index < -0.39 is 11.7 Å². The molecule has 1 amide bonds. The maximum absolute atomic E-state index is 14.2. The second kappa shape index (κ2) is 7.71. The standard InChI is InChI=1S/C24H21FN4O/c25-21-2-1-3-22-23(21)20(24(30)28-22)14-27-18-4-6-19(7-5-18)29-13-10-17(15-29)16-8-11-26-12-9-16/h1-9,11-12,14,17,20H,10,13,15H2,(H,28,30). The highest BCUT2D eigenvalue weighted by Gasteiger charge is 2.31. The number of hydrogen-bond acceptors (Lipinski definition) is 4. The molecule has 2 atom stereocenters. The molecule has 5 rings (SSSR count). The number of carbonyl (C=O) groups excluding carboxylic acids is 1. The predicted molar refractivity (Wildman–Crippen MR) is 116 cm³/mol. The zero-order chi connectivity index (χ0) is 20.5. The lowest BCUT2D eigenvalue weighted by molar-refractivity contribution is -0.115. The van der Waals surface area contributed by atoms with Crippen LogP contribution >= 0.6 is 0 Å². The molecule has 6 heteroatoms. The number of aliphatic imine (C=N–C) groups is 1. The van der Waals surface area contributed by atoms with Gasteiger partial charge < -0.3 is 10.2 Å². The molecule has 3 heterocycles. The van der Waals surface area contributed by atoms with Crippen molar-refractivity contribution in [3.8, 4) is 0 Å². The number of nitrogens with zero attached hydrogens (tertiary/aromatic N) is 3. The Kier molecular flexibility index (Phi) is 4.75. The number of benzene rings is 2. The van der Waals surface area contributed by atoms with E-state index in [-0.39, 0.29) is 5.91 Å². The molecule has 1 aromatic heterocycles. The van der Waals surface area contributed by atoms with E-state index in [2.05, 4.69) is 32.3 Å². The van der Waals surface area contributed by atoms with Crippen LogP contribution in [0.1, 0.15) is 29.4 Å². The SMILES string of the molecule is O=C1Nc2cccc(F)c2C1C=Nc1ccc(N2CCC(c3ccncc3)C2)cc1. The van der Waals surface area contributed by atoms with E-state index in [1.54, 1.807) is 12.1 Å². The monoisotopic (exact) mass is 400 g/mol. The summed E-state index contributed by atoms with van der Waals surface area (Å²) in [6, 6.07) is 16.8. The topological polar surface area (TPSA) is 57.6 Å². The van der Waals surface area contributed by atoms with Crippen LogP contribution in [0.4, 0.5) is 21.5 Å². The molecule has 0 saturated carbocycles. The fourth-order valence-electron chi connectivity index (χ4n) is 4.26. The third-order valence-electron chi connectivity index (χ3n) is 5.86. The van der Waals surface area contributed by atoms with Gasteiger partial charge in [-0.15, -0.1) is 0 Å². The van der Waals surface area contributed by atoms with Crippen molar-refractivity contribution in [2.45, 2.75) is 18.3 Å². The molecule has 0 bridgehead atoms. The van der Waals surface area contributed by atoms with Crippen molar-refractivity contribution in [1.82, 2.24) is 4.98 Å². The molecule has 2 aliphatic rings. The third-order valence-corrected chi connectivity index (χ3v) is 5.86. The minimum Gasteiger partial charge on any atom is -0.371 e. The zero-order valence-electron chi connectivity index (χ0n) is 16.3. The average Bonchev–Trinajstić information content (AvgIpc) is 3.39. The average molecular weight is 400 g/mol. The minimum absolute atomic E-state index is 0.255. The van der Waals surface area contributed by atoms with Crippen LogP contribution in [0, 0.1) is 5.82 Å². The molecule has 1 N–H and O–H groups in total. The quantitative estimate of drug-likeness (QED) is 0.649. The Hall–Kier alpha value is -3.54. The number of aromatic nitrogens is 1. The van der Waals surface area contributed by atoms with Crippen LogP contribution in [0.25, 0.3) is 0 Å². The van der Waals surface area contributed by atoms with Gasteiger partial charge in [0.2, 0.25) is 5.91 Å². The van der Waals surface area contributed by atoms with E-state index in [1.165, 1.54) is 17.8 Å². The summed E-state index contributed by atoms with van der Waals surface area (Å²) in [6.07, 6.45) is 6.33. The molecule has 1 saturated heterocycles. The van der Waals surface area contributed by atoms with Crippen molar-refractivity contribution in [2.75, 3.05) is 23.3 Å². The van der Waals surface area contributed by atoms with Crippen molar-refractivity contribution < 1.29 is 9.18 Å². The molecular weight excluding hydrogens is 379 g/mol. The second-order valence-electron chi connectivity index (χ2n) is 7.67. The fraction of sp³-hybridized carbons (Fsp3) is 0.208. The number of nitrogens with one attached hydrogen (secondary N) is 1. The van der Waals surface area contributed by atoms with E-state index in [0.717, 1.165) is 30.9 Å². The number of halogens is 1. The van der Waals surface area contributed by atoms with Gasteiger partial charge in [0.25, 0.3) is 0 Å². The molecule has 2 aliphatic heterocycles. The normalized spacial score (nSPS) is 20.6. The number of anilines is 2. The van der Waals surface area contributed by atoms with Gasteiger partial charge in [-0.25, -0.2) is 4.39 Å². The van der Waals surface area contributed by atoms with E-state index in [9.17, 15) is 9.18 Å². The molecule has 30 heavy (non-hydrogen) atoms. The molecule has 0 radical (unpaired) electrons. The molecule has 0 spiro atoms. The summed E-state index contributed by atoms with van der Waals surface area (Å²) in [4.78, 5) is 23.1. The Morgan fingerprint density at radius 1 is 1.10 bits per heavy atom. The van der Waals surface area contributed by atoms with Crippen LogP contribution < -0.4 is 10.2 Å². The van der Waals surface area contributed by atoms with Crippen molar-refractivity contribution in [3.05, 3.63) is 83.9 Å². The van der Waals surface area contributed by atoms with Crippen LogP contribution in [0.3, 0.4) is 0 Å². The molecule has 0 aliphatic carbocycles. The highest BCUT2D eigenvalue weighted by atomic mass is 19.1. The Morgan fingerprint density at radius 2 is 1.90 bits per heavy atom. The molecular formula is C24H21FN4O. The van der Waals surface area contributed by atoms with Gasteiger partial charge in [0.15, 0.2) is 0 Å². The Morgan fingerprint density at radius 3 is 2.70 bits per heavy atom. The first-order valence-corrected chi connectivity index (χ1v) is 10.1. The summed E-state index contributed by atoms with van der Waals surface area (Å²) in [5.41, 5.74) is 4.10. The van der Waals surface area contributed by atoms with Gasteiger partial charge in [-0.05, 0) is 60.5 Å². The first-order valence-electron chi connectivity index (χ1n) is 10.1. The summed E-state index contributed by atoms with van der Waals surface area (Å²) in [7, 11) is 0. The van der Waals surface area contributed by atoms with Gasteiger partial charge in [-0.1, -0.05) is 6.07 Å². The number of hydrogen-bond donors (Lipinski definition) is 1. The van der Waals surface area contributed by atoms with Gasteiger partial charge >= 0.3 is 0 Å². The van der Waals surface area contributed by atoms with Crippen molar-refractivity contribution >= 4 is 29.2 Å². The third kappa shape index (κ3) is 3.45. The lowest BCUT2D eigenvalue weighted by Gasteiger charge is -2.19. The second-order valence-corrected chi connectivity index (χ2v) is 7.67. The lowest BCUT2D eigenvalue weighted by atomic mass is 10.00. The van der Waals surface area contributed by atoms with Gasteiger partial charge in [0, 0.05) is 54.6 Å². The van der Waals surface area contributed by atoms with Gasteiger partial charge in [0.05, 0.1) is 5.69 Å². The highest BCUT2D eigenvalue weighted by Crippen LogP contribution is 2.34. The molecule has 2 unspecified atom stereocenters. The number of amides is 1. The van der Waals surface area contributed by atoms with Crippen LogP contribution in [0.15, 0.2) is 72.0 Å². The Balaban J connectivity index is 1.28. The maximum atomic E-state index is 14.2. The summed E-state index contributed by atoms with van der Waals surface area (Å²) in [5, 5.41) is 2.71. The van der Waals surface area contributed by atoms with Gasteiger partial charge in [-0.2, -0.15) is 0 Å².